The molecule has 120 valence electrons. The summed E-state index contributed by atoms with van der Waals surface area (Å²) >= 11 is 0. The molecule has 0 N–H and O–H groups in total. The van der Waals surface area contributed by atoms with Gasteiger partial charge in [0.05, 0.1) is 0 Å². The van der Waals surface area contributed by atoms with Crippen molar-refractivity contribution in [3.05, 3.63) is 35.9 Å². The highest BCUT2D eigenvalue weighted by Crippen LogP contribution is 2.31. The largest absolute Gasteiger partial charge is 0.336 e. The SMILES string of the molecule is CC(C)(C)C(=O)N1CCN(C2CC2)CC1Cc1ccccc1. The zero-order chi connectivity index (χ0) is 15.7. The molecule has 0 spiro atoms. The maximum atomic E-state index is 12.8. The molecule has 1 aromatic rings. The maximum absolute atomic E-state index is 12.8. The van der Waals surface area contributed by atoms with Gasteiger partial charge in [0.2, 0.25) is 5.91 Å². The maximum Gasteiger partial charge on any atom is 0.228 e. The summed E-state index contributed by atoms with van der Waals surface area (Å²) in [6.07, 6.45) is 3.64. The smallest absolute Gasteiger partial charge is 0.228 e. The Hall–Kier alpha value is -1.35. The van der Waals surface area contributed by atoms with Crippen LogP contribution < -0.4 is 0 Å². The normalized spacial score (nSPS) is 23.6. The quantitative estimate of drug-likeness (QED) is 0.857. The molecule has 3 rings (SSSR count). The van der Waals surface area contributed by atoms with Crippen LogP contribution in [0.2, 0.25) is 0 Å². The van der Waals surface area contributed by atoms with E-state index in [1.165, 1.54) is 18.4 Å². The molecule has 0 bridgehead atoms. The molecule has 1 heterocycles. The number of hydrogen-bond acceptors (Lipinski definition) is 2. The molecule has 2 aliphatic rings. The van der Waals surface area contributed by atoms with Crippen LogP contribution in [0.25, 0.3) is 0 Å². The van der Waals surface area contributed by atoms with Crippen molar-refractivity contribution in [2.75, 3.05) is 19.6 Å². The van der Waals surface area contributed by atoms with Crippen molar-refractivity contribution in [1.29, 1.82) is 0 Å². The molecule has 0 radical (unpaired) electrons. The molecule has 1 unspecified atom stereocenters. The van der Waals surface area contributed by atoms with E-state index in [2.05, 4.69) is 40.1 Å². The summed E-state index contributed by atoms with van der Waals surface area (Å²) in [5.41, 5.74) is 1.04. The van der Waals surface area contributed by atoms with Gasteiger partial charge < -0.3 is 4.90 Å². The Morgan fingerprint density at radius 1 is 1.14 bits per heavy atom. The third-order valence-electron chi connectivity index (χ3n) is 4.79. The van der Waals surface area contributed by atoms with E-state index in [0.29, 0.717) is 11.9 Å². The van der Waals surface area contributed by atoms with Gasteiger partial charge in [0.15, 0.2) is 0 Å². The van der Waals surface area contributed by atoms with Crippen LogP contribution >= 0.6 is 0 Å². The van der Waals surface area contributed by atoms with Crippen LogP contribution in [-0.4, -0.2) is 47.4 Å². The number of amides is 1. The fourth-order valence-electron chi connectivity index (χ4n) is 3.41. The molecule has 0 aromatic heterocycles. The summed E-state index contributed by atoms with van der Waals surface area (Å²) in [4.78, 5) is 17.6. The van der Waals surface area contributed by atoms with Gasteiger partial charge in [-0.3, -0.25) is 9.69 Å². The first-order valence-electron chi connectivity index (χ1n) is 8.54. The molecule has 1 aliphatic carbocycles. The number of nitrogens with zero attached hydrogens (tertiary/aromatic N) is 2. The third kappa shape index (κ3) is 3.52. The Morgan fingerprint density at radius 3 is 2.41 bits per heavy atom. The lowest BCUT2D eigenvalue weighted by Gasteiger charge is -2.44. The summed E-state index contributed by atoms with van der Waals surface area (Å²) in [5.74, 6) is 0.295. The first-order chi connectivity index (χ1) is 10.4. The number of rotatable bonds is 3. The van der Waals surface area contributed by atoms with Crippen LogP contribution in [0.4, 0.5) is 0 Å². The van der Waals surface area contributed by atoms with Crippen molar-refractivity contribution >= 4 is 5.91 Å². The Labute approximate surface area is 134 Å². The molecular weight excluding hydrogens is 272 g/mol. The summed E-state index contributed by atoms with van der Waals surface area (Å²) in [6, 6.07) is 11.7. The molecule has 1 aromatic carbocycles. The Bertz CT molecular complexity index is 516. The van der Waals surface area contributed by atoms with Crippen molar-refractivity contribution in [1.82, 2.24) is 9.80 Å². The molecule has 1 saturated carbocycles. The first-order valence-corrected chi connectivity index (χ1v) is 8.54. The van der Waals surface area contributed by atoms with Crippen LogP contribution in [0.5, 0.6) is 0 Å². The van der Waals surface area contributed by atoms with Gasteiger partial charge in [-0.1, -0.05) is 51.1 Å². The summed E-state index contributed by atoms with van der Waals surface area (Å²) in [5, 5.41) is 0. The van der Waals surface area contributed by atoms with Gasteiger partial charge in [0.25, 0.3) is 0 Å². The second-order valence-corrected chi connectivity index (χ2v) is 7.82. The minimum atomic E-state index is -0.295. The predicted octanol–water partition coefficient (Wildman–Crippen LogP) is 2.95. The Balaban J connectivity index is 1.76. The highest BCUT2D eigenvalue weighted by atomic mass is 16.2. The molecule has 1 atom stereocenters. The lowest BCUT2D eigenvalue weighted by atomic mass is 9.92. The van der Waals surface area contributed by atoms with Crippen LogP contribution in [0.15, 0.2) is 30.3 Å². The van der Waals surface area contributed by atoms with E-state index < -0.39 is 0 Å². The van der Waals surface area contributed by atoms with Crippen LogP contribution in [-0.2, 0) is 11.2 Å². The monoisotopic (exact) mass is 300 g/mol. The van der Waals surface area contributed by atoms with Gasteiger partial charge in [-0.15, -0.1) is 0 Å². The average Bonchev–Trinajstić information content (AvgIpc) is 3.31. The number of hydrogen-bond donors (Lipinski definition) is 0. The minimum absolute atomic E-state index is 0.295. The number of carbonyl (C=O) groups is 1. The van der Waals surface area contributed by atoms with E-state index in [0.717, 1.165) is 32.1 Å². The summed E-state index contributed by atoms with van der Waals surface area (Å²) in [6.45, 7) is 9.04. The molecule has 1 saturated heterocycles. The van der Waals surface area contributed by atoms with Gasteiger partial charge in [-0.2, -0.15) is 0 Å². The highest BCUT2D eigenvalue weighted by Gasteiger charge is 2.39. The van der Waals surface area contributed by atoms with Crippen molar-refractivity contribution < 1.29 is 4.79 Å². The Kier molecular flexibility index (Phi) is 4.26. The van der Waals surface area contributed by atoms with Gasteiger partial charge in [-0.05, 0) is 24.8 Å². The molecule has 3 heteroatoms. The van der Waals surface area contributed by atoms with Crippen molar-refractivity contribution in [2.45, 2.75) is 52.1 Å². The standard InChI is InChI=1S/C19H28N2O/c1-19(2,3)18(22)21-12-11-20(16-9-10-16)14-17(21)13-15-7-5-4-6-8-15/h4-8,16-17H,9-14H2,1-3H3. The van der Waals surface area contributed by atoms with Crippen LogP contribution in [0, 0.1) is 5.41 Å². The fraction of sp³-hybridized carbons (Fsp3) is 0.632. The fourth-order valence-corrected chi connectivity index (χ4v) is 3.41. The van der Waals surface area contributed by atoms with E-state index in [9.17, 15) is 4.79 Å². The summed E-state index contributed by atoms with van der Waals surface area (Å²) in [7, 11) is 0. The number of carbonyl (C=O) groups excluding carboxylic acids is 1. The lowest BCUT2D eigenvalue weighted by Crippen LogP contribution is -2.58. The molecule has 2 fully saturated rings. The average molecular weight is 300 g/mol. The lowest BCUT2D eigenvalue weighted by molar-refractivity contribution is -0.144. The Morgan fingerprint density at radius 2 is 1.82 bits per heavy atom. The first kappa shape index (κ1) is 15.5. The van der Waals surface area contributed by atoms with E-state index in [1.807, 2.05) is 20.8 Å². The van der Waals surface area contributed by atoms with Gasteiger partial charge in [0.1, 0.15) is 0 Å². The van der Waals surface area contributed by atoms with E-state index in [4.69, 9.17) is 0 Å². The van der Waals surface area contributed by atoms with Crippen LogP contribution in [0.3, 0.4) is 0 Å². The second kappa shape index (κ2) is 6.04. The molecule has 22 heavy (non-hydrogen) atoms. The highest BCUT2D eigenvalue weighted by molar-refractivity contribution is 5.82. The molecular formula is C19H28N2O. The van der Waals surface area contributed by atoms with Crippen LogP contribution in [0.1, 0.15) is 39.2 Å². The summed E-state index contributed by atoms with van der Waals surface area (Å²) < 4.78 is 0. The zero-order valence-electron chi connectivity index (χ0n) is 14.1. The zero-order valence-corrected chi connectivity index (χ0v) is 14.1. The number of piperazine rings is 1. The molecule has 1 aliphatic heterocycles. The van der Waals surface area contributed by atoms with E-state index in [-0.39, 0.29) is 5.41 Å². The van der Waals surface area contributed by atoms with E-state index >= 15 is 0 Å². The second-order valence-electron chi connectivity index (χ2n) is 7.82. The predicted molar refractivity (Wildman–Crippen MR) is 89.7 cm³/mol. The topological polar surface area (TPSA) is 23.6 Å². The van der Waals surface area contributed by atoms with Crippen molar-refractivity contribution in [2.24, 2.45) is 5.41 Å². The molecule has 3 nitrogen and oxygen atoms in total. The van der Waals surface area contributed by atoms with Crippen molar-refractivity contribution in [3.63, 3.8) is 0 Å². The third-order valence-corrected chi connectivity index (χ3v) is 4.79. The van der Waals surface area contributed by atoms with Crippen molar-refractivity contribution in [3.8, 4) is 0 Å². The number of benzene rings is 1. The van der Waals surface area contributed by atoms with Gasteiger partial charge in [-0.25, -0.2) is 0 Å². The van der Waals surface area contributed by atoms with Gasteiger partial charge in [0, 0.05) is 37.1 Å². The molecule has 1 amide bonds. The minimum Gasteiger partial charge on any atom is -0.336 e. The van der Waals surface area contributed by atoms with Gasteiger partial charge >= 0.3 is 0 Å². The van der Waals surface area contributed by atoms with E-state index in [1.54, 1.807) is 0 Å².